The highest BCUT2D eigenvalue weighted by Gasteiger charge is 2.25. The third-order valence-electron chi connectivity index (χ3n) is 4.01. The second-order valence-electron chi connectivity index (χ2n) is 5.56. The second kappa shape index (κ2) is 5.92. The smallest absolute Gasteiger partial charge is 0.251 e. The minimum atomic E-state index is -0.0622. The standard InChI is InChI=1S/C16H15N5OS/c22-16(11-4-5-13-14(9-11)20-23-19-13)18-12-6-8-21(10-12)15-3-1-2-7-17-15/h1-5,7,9,12H,6,8,10H2,(H,18,22). The Bertz CT molecular complexity index is 835. The minimum Gasteiger partial charge on any atom is -0.354 e. The zero-order valence-electron chi connectivity index (χ0n) is 12.3. The molecule has 1 aliphatic heterocycles. The van der Waals surface area contributed by atoms with Gasteiger partial charge >= 0.3 is 0 Å². The number of benzene rings is 1. The van der Waals surface area contributed by atoms with Gasteiger partial charge in [0.1, 0.15) is 16.9 Å². The largest absolute Gasteiger partial charge is 0.354 e. The second-order valence-corrected chi connectivity index (χ2v) is 6.09. The minimum absolute atomic E-state index is 0.0622. The van der Waals surface area contributed by atoms with E-state index in [2.05, 4.69) is 23.9 Å². The van der Waals surface area contributed by atoms with Gasteiger partial charge in [0.05, 0.1) is 11.7 Å². The first kappa shape index (κ1) is 14.1. The molecule has 0 bridgehead atoms. The number of nitrogens with zero attached hydrogens (tertiary/aromatic N) is 4. The van der Waals surface area contributed by atoms with E-state index in [4.69, 9.17) is 0 Å². The SMILES string of the molecule is O=C(NC1CCN(c2ccccn2)C1)c1ccc2nsnc2c1. The summed E-state index contributed by atoms with van der Waals surface area (Å²) in [5.74, 6) is 0.895. The summed E-state index contributed by atoms with van der Waals surface area (Å²) in [7, 11) is 0. The highest BCUT2D eigenvalue weighted by atomic mass is 32.1. The third kappa shape index (κ3) is 2.87. The van der Waals surface area contributed by atoms with Crippen LogP contribution in [-0.2, 0) is 0 Å². The maximum Gasteiger partial charge on any atom is 0.251 e. The molecule has 1 N–H and O–H groups in total. The molecule has 1 aliphatic rings. The monoisotopic (exact) mass is 325 g/mol. The van der Waals surface area contributed by atoms with Gasteiger partial charge in [-0.1, -0.05) is 6.07 Å². The van der Waals surface area contributed by atoms with Crippen molar-refractivity contribution in [3.63, 3.8) is 0 Å². The average molecular weight is 325 g/mol. The lowest BCUT2D eigenvalue weighted by atomic mass is 10.1. The van der Waals surface area contributed by atoms with Crippen LogP contribution in [0.1, 0.15) is 16.8 Å². The van der Waals surface area contributed by atoms with Crippen molar-refractivity contribution in [2.45, 2.75) is 12.5 Å². The van der Waals surface area contributed by atoms with Gasteiger partial charge in [-0.05, 0) is 36.8 Å². The Balaban J connectivity index is 1.43. The average Bonchev–Trinajstić information content (AvgIpc) is 3.24. The van der Waals surface area contributed by atoms with E-state index in [-0.39, 0.29) is 11.9 Å². The van der Waals surface area contributed by atoms with Crippen molar-refractivity contribution in [1.82, 2.24) is 19.0 Å². The number of fused-ring (bicyclic) bond motifs is 1. The fourth-order valence-electron chi connectivity index (χ4n) is 2.82. The summed E-state index contributed by atoms with van der Waals surface area (Å²) in [6.45, 7) is 1.68. The molecular formula is C16H15N5OS. The van der Waals surface area contributed by atoms with Crippen molar-refractivity contribution < 1.29 is 4.79 Å². The Morgan fingerprint density at radius 2 is 2.13 bits per heavy atom. The lowest BCUT2D eigenvalue weighted by Gasteiger charge is -2.17. The van der Waals surface area contributed by atoms with Gasteiger partial charge in [-0.25, -0.2) is 4.98 Å². The summed E-state index contributed by atoms with van der Waals surface area (Å²) < 4.78 is 8.33. The Kier molecular flexibility index (Phi) is 3.63. The molecule has 1 atom stereocenters. The highest BCUT2D eigenvalue weighted by molar-refractivity contribution is 7.00. The first-order valence-corrected chi connectivity index (χ1v) is 8.22. The third-order valence-corrected chi connectivity index (χ3v) is 4.57. The molecule has 3 aromatic rings. The maximum atomic E-state index is 12.4. The Labute approximate surface area is 137 Å². The molecule has 23 heavy (non-hydrogen) atoms. The number of amides is 1. The molecule has 0 saturated carbocycles. The summed E-state index contributed by atoms with van der Waals surface area (Å²) in [5.41, 5.74) is 2.22. The van der Waals surface area contributed by atoms with Gasteiger partial charge in [-0.15, -0.1) is 0 Å². The van der Waals surface area contributed by atoms with Crippen molar-refractivity contribution in [2.75, 3.05) is 18.0 Å². The van der Waals surface area contributed by atoms with Crippen LogP contribution >= 0.6 is 11.7 Å². The van der Waals surface area contributed by atoms with E-state index in [0.717, 1.165) is 48.1 Å². The van der Waals surface area contributed by atoms with Crippen LogP contribution in [0.2, 0.25) is 0 Å². The molecule has 1 fully saturated rings. The predicted molar refractivity (Wildman–Crippen MR) is 89.7 cm³/mol. The molecule has 6 nitrogen and oxygen atoms in total. The molecule has 0 aliphatic carbocycles. The van der Waals surface area contributed by atoms with Crippen LogP contribution in [-0.4, -0.2) is 38.8 Å². The van der Waals surface area contributed by atoms with Crippen LogP contribution in [0, 0.1) is 0 Å². The van der Waals surface area contributed by atoms with Crippen LogP contribution in [0.25, 0.3) is 11.0 Å². The Hall–Kier alpha value is -2.54. The van der Waals surface area contributed by atoms with E-state index in [1.165, 1.54) is 0 Å². The van der Waals surface area contributed by atoms with Crippen LogP contribution < -0.4 is 10.2 Å². The van der Waals surface area contributed by atoms with Gasteiger partial charge in [0.25, 0.3) is 5.91 Å². The number of nitrogens with one attached hydrogen (secondary N) is 1. The quantitative estimate of drug-likeness (QED) is 0.798. The number of aromatic nitrogens is 3. The van der Waals surface area contributed by atoms with Crippen LogP contribution in [0.3, 0.4) is 0 Å². The van der Waals surface area contributed by atoms with E-state index in [9.17, 15) is 4.79 Å². The molecule has 0 radical (unpaired) electrons. The molecule has 1 aromatic carbocycles. The summed E-state index contributed by atoms with van der Waals surface area (Å²) in [6, 6.07) is 11.4. The number of hydrogen-bond acceptors (Lipinski definition) is 6. The molecule has 2 aromatic heterocycles. The van der Waals surface area contributed by atoms with Gasteiger partial charge < -0.3 is 10.2 Å². The Morgan fingerprint density at radius 1 is 1.22 bits per heavy atom. The number of rotatable bonds is 3. The lowest BCUT2D eigenvalue weighted by molar-refractivity contribution is 0.0940. The molecular weight excluding hydrogens is 310 g/mol. The van der Waals surface area contributed by atoms with Crippen molar-refractivity contribution in [2.24, 2.45) is 0 Å². The van der Waals surface area contributed by atoms with Crippen LogP contribution in [0.4, 0.5) is 5.82 Å². The summed E-state index contributed by atoms with van der Waals surface area (Å²) in [6.07, 6.45) is 2.71. The molecule has 0 spiro atoms. The molecule has 1 saturated heterocycles. The molecule has 116 valence electrons. The number of pyridine rings is 1. The number of carbonyl (C=O) groups excluding carboxylic acids is 1. The van der Waals surface area contributed by atoms with Gasteiger partial charge in [0.2, 0.25) is 0 Å². The lowest BCUT2D eigenvalue weighted by Crippen LogP contribution is -2.37. The highest BCUT2D eigenvalue weighted by Crippen LogP contribution is 2.18. The molecule has 1 unspecified atom stereocenters. The zero-order valence-corrected chi connectivity index (χ0v) is 13.2. The van der Waals surface area contributed by atoms with E-state index in [1.54, 1.807) is 18.3 Å². The first-order chi connectivity index (χ1) is 11.3. The van der Waals surface area contributed by atoms with E-state index in [0.29, 0.717) is 5.56 Å². The summed E-state index contributed by atoms with van der Waals surface area (Å²) in [4.78, 5) is 19.0. The predicted octanol–water partition coefficient (Wildman–Crippen LogP) is 2.09. The van der Waals surface area contributed by atoms with E-state index in [1.807, 2.05) is 24.3 Å². The summed E-state index contributed by atoms with van der Waals surface area (Å²) >= 11 is 1.16. The number of carbonyl (C=O) groups is 1. The molecule has 3 heterocycles. The van der Waals surface area contributed by atoms with E-state index < -0.39 is 0 Å². The van der Waals surface area contributed by atoms with Crippen molar-refractivity contribution in [3.8, 4) is 0 Å². The van der Waals surface area contributed by atoms with Crippen molar-refractivity contribution in [3.05, 3.63) is 48.2 Å². The maximum absolute atomic E-state index is 12.4. The zero-order chi connectivity index (χ0) is 15.6. The molecule has 1 amide bonds. The number of anilines is 1. The topological polar surface area (TPSA) is 71.0 Å². The molecule has 7 heteroatoms. The van der Waals surface area contributed by atoms with Gasteiger partial charge in [-0.3, -0.25) is 4.79 Å². The van der Waals surface area contributed by atoms with Gasteiger partial charge in [-0.2, -0.15) is 8.75 Å². The number of hydrogen-bond donors (Lipinski definition) is 1. The normalized spacial score (nSPS) is 17.6. The van der Waals surface area contributed by atoms with Crippen LogP contribution in [0.15, 0.2) is 42.6 Å². The van der Waals surface area contributed by atoms with Gasteiger partial charge in [0, 0.05) is 30.9 Å². The van der Waals surface area contributed by atoms with Crippen LogP contribution in [0.5, 0.6) is 0 Å². The van der Waals surface area contributed by atoms with Crippen molar-refractivity contribution >= 4 is 34.5 Å². The Morgan fingerprint density at radius 3 is 3.00 bits per heavy atom. The first-order valence-electron chi connectivity index (χ1n) is 7.49. The fraction of sp³-hybridized carbons (Fsp3) is 0.250. The van der Waals surface area contributed by atoms with Gasteiger partial charge in [0.15, 0.2) is 0 Å². The summed E-state index contributed by atoms with van der Waals surface area (Å²) in [5, 5.41) is 3.10. The van der Waals surface area contributed by atoms with Crippen molar-refractivity contribution in [1.29, 1.82) is 0 Å². The molecule has 4 rings (SSSR count). The van der Waals surface area contributed by atoms with E-state index >= 15 is 0 Å². The fourth-order valence-corrected chi connectivity index (χ4v) is 3.34.